The van der Waals surface area contributed by atoms with Crippen LogP contribution >= 0.6 is 0 Å². The Hall–Kier alpha value is -4.26. The zero-order chi connectivity index (χ0) is 25.4. The van der Waals surface area contributed by atoms with Gasteiger partial charge in [-0.25, -0.2) is 9.37 Å². The Morgan fingerprint density at radius 1 is 0.971 bits per heavy atom. The lowest BCUT2D eigenvalue weighted by Gasteiger charge is -2.25. The van der Waals surface area contributed by atoms with Crippen LogP contribution in [0.2, 0.25) is 0 Å². The Labute approximate surface area is 204 Å². The number of anilines is 1. The molecular weight excluding hydrogens is 443 g/mol. The van der Waals surface area contributed by atoms with E-state index in [4.69, 9.17) is 5.73 Å². The number of nitrogen functional groups attached to an aromatic ring is 1. The Morgan fingerprint density at radius 3 is 2.34 bits per heavy atom. The third kappa shape index (κ3) is 6.41. The third-order valence-electron chi connectivity index (χ3n) is 5.34. The Balaban J connectivity index is 0.00000167. The van der Waals surface area contributed by atoms with Crippen molar-refractivity contribution in [2.45, 2.75) is 26.4 Å². The summed E-state index contributed by atoms with van der Waals surface area (Å²) < 4.78 is 13.2. The van der Waals surface area contributed by atoms with Gasteiger partial charge in [0.25, 0.3) is 5.91 Å². The lowest BCUT2D eigenvalue weighted by atomic mass is 10.0. The number of pyridine rings is 1. The highest BCUT2D eigenvalue weighted by Gasteiger charge is 2.26. The average molecular weight is 473 g/mol. The van der Waals surface area contributed by atoms with Gasteiger partial charge in [-0.3, -0.25) is 9.59 Å². The quantitative estimate of drug-likeness (QED) is 0.408. The van der Waals surface area contributed by atoms with Gasteiger partial charge in [0.1, 0.15) is 17.7 Å². The predicted octanol–water partition coefficient (Wildman–Crippen LogP) is 5.11. The maximum Gasteiger partial charge on any atom is 0.252 e. The second kappa shape index (κ2) is 11.7. The number of nitrogens with zero attached hydrogens (tertiary/aromatic N) is 2. The van der Waals surface area contributed by atoms with E-state index >= 15 is 0 Å². The molecule has 3 aromatic carbocycles. The number of halogens is 1. The number of hydrogen-bond acceptors (Lipinski definition) is 4. The summed E-state index contributed by atoms with van der Waals surface area (Å²) in [6.07, 6.45) is 0. The molecule has 1 atom stereocenters. The molecule has 0 aliphatic rings. The molecule has 3 N–H and O–H groups in total. The number of benzene rings is 3. The van der Waals surface area contributed by atoms with Gasteiger partial charge in [-0.1, -0.05) is 56.3 Å². The van der Waals surface area contributed by atoms with E-state index in [-0.39, 0.29) is 24.2 Å². The molecule has 0 radical (unpaired) electrons. The zero-order valence-electron chi connectivity index (χ0n) is 20.0. The number of rotatable bonds is 6. The van der Waals surface area contributed by atoms with Crippen LogP contribution in [0.4, 0.5) is 10.2 Å². The highest BCUT2D eigenvalue weighted by molar-refractivity contribution is 6.00. The number of carbonyl (C=O) groups is 2. The molecule has 0 saturated carbocycles. The van der Waals surface area contributed by atoms with E-state index in [2.05, 4.69) is 10.3 Å². The molecule has 7 heteroatoms. The Morgan fingerprint density at radius 2 is 1.66 bits per heavy atom. The minimum absolute atomic E-state index is 0.279. The first-order chi connectivity index (χ1) is 16.9. The van der Waals surface area contributed by atoms with Gasteiger partial charge in [0.15, 0.2) is 0 Å². The van der Waals surface area contributed by atoms with Crippen LogP contribution in [0, 0.1) is 5.82 Å². The number of nitrogens with one attached hydrogen (secondary N) is 1. The van der Waals surface area contributed by atoms with Crippen LogP contribution in [0.25, 0.3) is 10.9 Å². The third-order valence-corrected chi connectivity index (χ3v) is 5.34. The number of likely N-dealkylation sites (N-methyl/N-ethyl adjacent to an activating group) is 1. The van der Waals surface area contributed by atoms with Gasteiger partial charge in [0, 0.05) is 24.5 Å². The number of amides is 2. The van der Waals surface area contributed by atoms with Gasteiger partial charge in [-0.05, 0) is 53.6 Å². The van der Waals surface area contributed by atoms with E-state index in [0.717, 1.165) is 10.9 Å². The molecule has 0 fully saturated rings. The molecule has 2 amide bonds. The van der Waals surface area contributed by atoms with Crippen molar-refractivity contribution in [3.63, 3.8) is 0 Å². The lowest BCUT2D eigenvalue weighted by Crippen LogP contribution is -2.41. The molecule has 4 aromatic rings. The van der Waals surface area contributed by atoms with Crippen molar-refractivity contribution in [3.8, 4) is 0 Å². The van der Waals surface area contributed by atoms with Crippen LogP contribution in [0.3, 0.4) is 0 Å². The molecule has 0 saturated heterocycles. The molecule has 1 unspecified atom stereocenters. The smallest absolute Gasteiger partial charge is 0.252 e. The van der Waals surface area contributed by atoms with Crippen molar-refractivity contribution in [1.82, 2.24) is 15.2 Å². The Kier molecular flexibility index (Phi) is 8.51. The van der Waals surface area contributed by atoms with Crippen molar-refractivity contribution in [2.24, 2.45) is 0 Å². The van der Waals surface area contributed by atoms with Crippen LogP contribution in [-0.2, 0) is 11.3 Å². The van der Waals surface area contributed by atoms with Crippen molar-refractivity contribution in [1.29, 1.82) is 0 Å². The van der Waals surface area contributed by atoms with Crippen LogP contribution in [-0.4, -0.2) is 28.7 Å². The van der Waals surface area contributed by atoms with E-state index < -0.39 is 6.04 Å². The first-order valence-electron chi connectivity index (χ1n) is 11.4. The minimum Gasteiger partial charge on any atom is -0.384 e. The standard InChI is InChI=1S/C26H23FN4O2.C2H6/c1-31(16-17-7-11-21(27)12-8-17)26(33)24(18-5-3-2-4-6-18)30-25(32)20-9-13-22-19(15-20)10-14-23(28)29-22;1-2/h2-15,24H,16H2,1H3,(H2,28,29)(H,30,32);1-2H3. The molecule has 0 aliphatic heterocycles. The highest BCUT2D eigenvalue weighted by atomic mass is 19.1. The van der Waals surface area contributed by atoms with Crippen LogP contribution < -0.4 is 11.1 Å². The topological polar surface area (TPSA) is 88.3 Å². The summed E-state index contributed by atoms with van der Waals surface area (Å²) in [4.78, 5) is 32.2. The van der Waals surface area contributed by atoms with Gasteiger partial charge in [0.2, 0.25) is 5.91 Å². The molecule has 1 aromatic heterocycles. The number of nitrogens with two attached hydrogens (primary N) is 1. The molecule has 35 heavy (non-hydrogen) atoms. The molecule has 0 spiro atoms. The largest absolute Gasteiger partial charge is 0.384 e. The molecule has 0 bridgehead atoms. The highest BCUT2D eigenvalue weighted by Crippen LogP contribution is 2.20. The van der Waals surface area contributed by atoms with Gasteiger partial charge < -0.3 is 16.0 Å². The van der Waals surface area contributed by atoms with E-state index in [1.165, 1.54) is 17.0 Å². The molecule has 0 aliphatic carbocycles. The van der Waals surface area contributed by atoms with Gasteiger partial charge in [-0.15, -0.1) is 0 Å². The number of carbonyl (C=O) groups excluding carboxylic acids is 2. The molecule has 4 rings (SSSR count). The van der Waals surface area contributed by atoms with Gasteiger partial charge >= 0.3 is 0 Å². The normalized spacial score (nSPS) is 11.2. The fourth-order valence-corrected chi connectivity index (χ4v) is 3.59. The van der Waals surface area contributed by atoms with E-state index in [9.17, 15) is 14.0 Å². The number of hydrogen-bond donors (Lipinski definition) is 2. The summed E-state index contributed by atoms with van der Waals surface area (Å²) >= 11 is 0. The molecule has 6 nitrogen and oxygen atoms in total. The van der Waals surface area contributed by atoms with E-state index in [1.807, 2.05) is 32.0 Å². The maximum atomic E-state index is 13.3. The fourth-order valence-electron chi connectivity index (χ4n) is 3.59. The maximum absolute atomic E-state index is 13.3. The summed E-state index contributed by atoms with van der Waals surface area (Å²) in [5.74, 6) is -0.603. The average Bonchev–Trinajstić information content (AvgIpc) is 2.89. The number of aromatic nitrogens is 1. The van der Waals surface area contributed by atoms with E-state index in [0.29, 0.717) is 22.5 Å². The first-order valence-corrected chi connectivity index (χ1v) is 11.4. The molecular formula is C28H29FN4O2. The predicted molar refractivity (Wildman–Crippen MR) is 137 cm³/mol. The van der Waals surface area contributed by atoms with Crippen LogP contribution in [0.1, 0.15) is 41.4 Å². The second-order valence-electron chi connectivity index (χ2n) is 7.78. The fraction of sp³-hybridized carbons (Fsp3) is 0.179. The summed E-state index contributed by atoms with van der Waals surface area (Å²) in [6, 6.07) is 22.7. The molecule has 1 heterocycles. The summed E-state index contributed by atoms with van der Waals surface area (Å²) in [7, 11) is 1.65. The lowest BCUT2D eigenvalue weighted by molar-refractivity contribution is -0.132. The van der Waals surface area contributed by atoms with Gasteiger partial charge in [0.05, 0.1) is 5.52 Å². The second-order valence-corrected chi connectivity index (χ2v) is 7.78. The minimum atomic E-state index is -0.885. The monoisotopic (exact) mass is 472 g/mol. The van der Waals surface area contributed by atoms with Crippen molar-refractivity contribution in [3.05, 3.63) is 107 Å². The summed E-state index contributed by atoms with van der Waals surface area (Å²) in [5.41, 5.74) is 8.26. The SMILES string of the molecule is CC.CN(Cc1ccc(F)cc1)C(=O)C(NC(=O)c1ccc2nc(N)ccc2c1)c1ccccc1. The van der Waals surface area contributed by atoms with Crippen LogP contribution in [0.5, 0.6) is 0 Å². The first kappa shape index (κ1) is 25.4. The van der Waals surface area contributed by atoms with Crippen molar-refractivity contribution in [2.75, 3.05) is 12.8 Å². The van der Waals surface area contributed by atoms with E-state index in [1.54, 1.807) is 61.6 Å². The number of fused-ring (bicyclic) bond motifs is 1. The summed E-state index contributed by atoms with van der Waals surface area (Å²) in [6.45, 7) is 4.28. The van der Waals surface area contributed by atoms with Gasteiger partial charge in [-0.2, -0.15) is 0 Å². The van der Waals surface area contributed by atoms with Crippen LogP contribution in [0.15, 0.2) is 84.9 Å². The summed E-state index contributed by atoms with van der Waals surface area (Å²) in [5, 5.41) is 3.64. The van der Waals surface area contributed by atoms with Crippen molar-refractivity contribution < 1.29 is 14.0 Å². The molecule has 180 valence electrons. The Bertz CT molecular complexity index is 1290. The van der Waals surface area contributed by atoms with Crippen molar-refractivity contribution >= 4 is 28.5 Å². The zero-order valence-corrected chi connectivity index (χ0v) is 20.0.